The largest absolute Gasteiger partial charge is 0.468 e. The zero-order valence-electron chi connectivity index (χ0n) is 7.87. The number of benzene rings is 1. The van der Waals surface area contributed by atoms with Crippen molar-refractivity contribution in [3.05, 3.63) is 34.1 Å². The van der Waals surface area contributed by atoms with Gasteiger partial charge in [-0.15, -0.1) is 12.4 Å². The molecule has 0 saturated heterocycles. The Balaban J connectivity index is 0.00000196. The third-order valence-electron chi connectivity index (χ3n) is 1.70. The van der Waals surface area contributed by atoms with E-state index in [1.807, 2.05) is 0 Å². The van der Waals surface area contributed by atoms with Crippen molar-refractivity contribution in [2.24, 2.45) is 5.73 Å². The molecule has 6 heteroatoms. The predicted octanol–water partition coefficient (Wildman–Crippen LogP) is 2.18. The predicted molar refractivity (Wildman–Crippen MR) is 60.3 cm³/mol. The molecule has 1 aromatic rings. The molecule has 1 rings (SSSR count). The van der Waals surface area contributed by atoms with Crippen LogP contribution in [0.25, 0.3) is 0 Å². The van der Waals surface area contributed by atoms with Gasteiger partial charge in [-0.05, 0) is 23.8 Å². The summed E-state index contributed by atoms with van der Waals surface area (Å²) in [5.41, 5.74) is 5.90. The van der Waals surface area contributed by atoms with Crippen molar-refractivity contribution < 1.29 is 13.9 Å². The molecule has 0 aliphatic heterocycles. The monoisotopic (exact) mass is 297 g/mol. The summed E-state index contributed by atoms with van der Waals surface area (Å²) < 4.78 is 17.9. The number of carbonyl (C=O) groups excluding carboxylic acids is 1. The average Bonchev–Trinajstić information content (AvgIpc) is 2.14. The van der Waals surface area contributed by atoms with Crippen LogP contribution in [-0.2, 0) is 9.53 Å². The Bertz CT molecular complexity index is 342. The fourth-order valence-corrected chi connectivity index (χ4v) is 1.50. The Morgan fingerprint density at radius 3 is 2.60 bits per heavy atom. The molecule has 0 spiro atoms. The molecule has 1 aromatic carbocycles. The lowest BCUT2D eigenvalue weighted by Gasteiger charge is -2.09. The second kappa shape index (κ2) is 6.05. The van der Waals surface area contributed by atoms with Crippen LogP contribution in [-0.4, -0.2) is 13.1 Å². The van der Waals surface area contributed by atoms with Crippen molar-refractivity contribution in [1.82, 2.24) is 0 Å². The van der Waals surface area contributed by atoms with E-state index in [-0.39, 0.29) is 12.4 Å². The minimum atomic E-state index is -0.952. The first-order chi connectivity index (χ1) is 6.54. The van der Waals surface area contributed by atoms with E-state index in [2.05, 4.69) is 20.7 Å². The molecule has 84 valence electrons. The SMILES string of the molecule is COC(=O)[C@@H](N)c1cc(F)cc(Br)c1.Cl. The summed E-state index contributed by atoms with van der Waals surface area (Å²) >= 11 is 3.10. The van der Waals surface area contributed by atoms with Gasteiger partial charge in [-0.3, -0.25) is 4.79 Å². The Morgan fingerprint density at radius 2 is 2.13 bits per heavy atom. The molecular formula is C9H10BrClFNO2. The van der Waals surface area contributed by atoms with Crippen LogP contribution in [0.4, 0.5) is 4.39 Å². The number of carbonyl (C=O) groups is 1. The van der Waals surface area contributed by atoms with Crippen LogP contribution in [0, 0.1) is 5.82 Å². The van der Waals surface area contributed by atoms with Crippen molar-refractivity contribution in [1.29, 1.82) is 0 Å². The number of hydrogen-bond acceptors (Lipinski definition) is 3. The average molecular weight is 299 g/mol. The number of rotatable bonds is 2. The lowest BCUT2D eigenvalue weighted by atomic mass is 10.1. The van der Waals surface area contributed by atoms with Crippen molar-refractivity contribution in [3.8, 4) is 0 Å². The molecule has 0 unspecified atom stereocenters. The summed E-state index contributed by atoms with van der Waals surface area (Å²) in [6, 6.07) is 3.11. The fraction of sp³-hybridized carbons (Fsp3) is 0.222. The lowest BCUT2D eigenvalue weighted by Crippen LogP contribution is -2.22. The van der Waals surface area contributed by atoms with E-state index in [0.29, 0.717) is 10.0 Å². The van der Waals surface area contributed by atoms with Gasteiger partial charge in [0.25, 0.3) is 0 Å². The van der Waals surface area contributed by atoms with Crippen molar-refractivity contribution in [2.45, 2.75) is 6.04 Å². The van der Waals surface area contributed by atoms with Gasteiger partial charge in [0.05, 0.1) is 7.11 Å². The molecule has 0 heterocycles. The minimum absolute atomic E-state index is 0. The zero-order valence-corrected chi connectivity index (χ0v) is 10.3. The molecule has 0 amide bonds. The first-order valence-corrected chi connectivity index (χ1v) is 4.63. The van der Waals surface area contributed by atoms with Crippen molar-refractivity contribution >= 4 is 34.3 Å². The van der Waals surface area contributed by atoms with Crippen LogP contribution in [0.2, 0.25) is 0 Å². The highest BCUT2D eigenvalue weighted by atomic mass is 79.9. The molecule has 0 aliphatic carbocycles. The quantitative estimate of drug-likeness (QED) is 0.852. The maximum atomic E-state index is 12.9. The molecule has 0 aliphatic rings. The van der Waals surface area contributed by atoms with E-state index in [4.69, 9.17) is 5.73 Å². The van der Waals surface area contributed by atoms with Gasteiger partial charge >= 0.3 is 5.97 Å². The fourth-order valence-electron chi connectivity index (χ4n) is 1.02. The Hall–Kier alpha value is -0.650. The van der Waals surface area contributed by atoms with E-state index in [0.717, 1.165) is 0 Å². The number of halogens is 3. The van der Waals surface area contributed by atoms with Crippen LogP contribution in [0.3, 0.4) is 0 Å². The summed E-state index contributed by atoms with van der Waals surface area (Å²) in [7, 11) is 1.23. The van der Waals surface area contributed by atoms with Gasteiger partial charge in [0.1, 0.15) is 11.9 Å². The summed E-state index contributed by atoms with van der Waals surface area (Å²) in [5, 5.41) is 0. The number of esters is 1. The van der Waals surface area contributed by atoms with Crippen LogP contribution in [0.5, 0.6) is 0 Å². The molecule has 2 N–H and O–H groups in total. The van der Waals surface area contributed by atoms with Crippen LogP contribution in [0.1, 0.15) is 11.6 Å². The maximum absolute atomic E-state index is 12.9. The van der Waals surface area contributed by atoms with Gasteiger partial charge in [0, 0.05) is 4.47 Å². The molecular weight excluding hydrogens is 288 g/mol. The zero-order chi connectivity index (χ0) is 10.7. The standard InChI is InChI=1S/C9H9BrFNO2.ClH/c1-14-9(13)8(12)5-2-6(10)4-7(11)3-5;/h2-4,8H,12H2,1H3;1H/t8-;/m0./s1. The highest BCUT2D eigenvalue weighted by Gasteiger charge is 2.17. The first-order valence-electron chi connectivity index (χ1n) is 3.84. The van der Waals surface area contributed by atoms with Gasteiger partial charge in [-0.2, -0.15) is 0 Å². The molecule has 1 atom stereocenters. The van der Waals surface area contributed by atoms with E-state index < -0.39 is 17.8 Å². The number of nitrogens with two attached hydrogens (primary N) is 1. The minimum Gasteiger partial charge on any atom is -0.468 e. The van der Waals surface area contributed by atoms with Gasteiger partial charge in [-0.25, -0.2) is 4.39 Å². The van der Waals surface area contributed by atoms with E-state index >= 15 is 0 Å². The third kappa shape index (κ3) is 3.77. The molecule has 0 saturated carbocycles. The van der Waals surface area contributed by atoms with Crippen LogP contribution in [0.15, 0.2) is 22.7 Å². The van der Waals surface area contributed by atoms with Crippen LogP contribution < -0.4 is 5.73 Å². The summed E-state index contributed by atoms with van der Waals surface area (Å²) in [6.45, 7) is 0. The number of ether oxygens (including phenoxy) is 1. The van der Waals surface area contributed by atoms with Crippen LogP contribution >= 0.6 is 28.3 Å². The smallest absolute Gasteiger partial charge is 0.327 e. The van der Waals surface area contributed by atoms with E-state index in [1.165, 1.54) is 19.2 Å². The second-order valence-electron chi connectivity index (χ2n) is 2.70. The van der Waals surface area contributed by atoms with Crippen molar-refractivity contribution in [3.63, 3.8) is 0 Å². The Morgan fingerprint density at radius 1 is 1.53 bits per heavy atom. The molecule has 0 bridgehead atoms. The highest BCUT2D eigenvalue weighted by molar-refractivity contribution is 9.10. The molecule has 0 aromatic heterocycles. The number of methoxy groups -OCH3 is 1. The summed E-state index contributed by atoms with van der Waals surface area (Å²) in [5.74, 6) is -1.05. The van der Waals surface area contributed by atoms with Gasteiger partial charge < -0.3 is 10.5 Å². The normalized spacial score (nSPS) is 11.5. The van der Waals surface area contributed by atoms with Gasteiger partial charge in [0.2, 0.25) is 0 Å². The van der Waals surface area contributed by atoms with Gasteiger partial charge in [-0.1, -0.05) is 15.9 Å². The number of hydrogen-bond donors (Lipinski definition) is 1. The maximum Gasteiger partial charge on any atom is 0.327 e. The summed E-state index contributed by atoms with van der Waals surface area (Å²) in [4.78, 5) is 11.0. The van der Waals surface area contributed by atoms with E-state index in [9.17, 15) is 9.18 Å². The molecule has 3 nitrogen and oxygen atoms in total. The summed E-state index contributed by atoms with van der Waals surface area (Å²) in [6.07, 6.45) is 0. The first kappa shape index (κ1) is 14.3. The third-order valence-corrected chi connectivity index (χ3v) is 2.16. The van der Waals surface area contributed by atoms with Crippen molar-refractivity contribution in [2.75, 3.05) is 7.11 Å². The molecule has 0 fully saturated rings. The molecule has 15 heavy (non-hydrogen) atoms. The Kier molecular flexibility index (Phi) is 5.79. The topological polar surface area (TPSA) is 52.3 Å². The second-order valence-corrected chi connectivity index (χ2v) is 3.62. The van der Waals surface area contributed by atoms with E-state index in [1.54, 1.807) is 6.07 Å². The Labute approximate surface area is 101 Å². The lowest BCUT2D eigenvalue weighted by molar-refractivity contribution is -0.142. The van der Waals surface area contributed by atoms with Gasteiger partial charge in [0.15, 0.2) is 0 Å². The highest BCUT2D eigenvalue weighted by Crippen LogP contribution is 2.19. The molecule has 0 radical (unpaired) electrons.